The molecule has 1 aliphatic heterocycles. The molecule has 18 heavy (non-hydrogen) atoms. The Labute approximate surface area is 106 Å². The first-order valence-electron chi connectivity index (χ1n) is 6.08. The molecule has 1 aliphatic rings. The molecule has 7 heteroatoms. The maximum atomic E-state index is 12.0. The molecule has 0 saturated carbocycles. The second-order valence-corrected chi connectivity index (χ2v) is 4.16. The molecule has 0 aliphatic carbocycles. The third kappa shape index (κ3) is 3.12. The quantitative estimate of drug-likeness (QED) is 0.647. The zero-order valence-electron chi connectivity index (χ0n) is 10.6. The van der Waals surface area contributed by atoms with Crippen LogP contribution in [0.2, 0.25) is 0 Å². The Bertz CT molecular complexity index is 345. The fraction of sp³-hybridized carbons (Fsp3) is 0.727. The van der Waals surface area contributed by atoms with E-state index in [1.165, 1.54) is 4.90 Å². The summed E-state index contributed by atoms with van der Waals surface area (Å²) in [4.78, 5) is 35.8. The Balaban J connectivity index is 2.69. The summed E-state index contributed by atoms with van der Waals surface area (Å²) in [6, 6.07) is -1.93. The van der Waals surface area contributed by atoms with Crippen LogP contribution in [0.15, 0.2) is 0 Å². The van der Waals surface area contributed by atoms with E-state index in [0.29, 0.717) is 25.9 Å². The number of hydrogen-bond acceptors (Lipinski definition) is 3. The van der Waals surface area contributed by atoms with Crippen molar-refractivity contribution < 1.29 is 19.5 Å². The molecular formula is C11H19N3O4. The first kappa shape index (κ1) is 14.3. The number of carboxylic acid groups (broad SMARTS) is 1. The molecule has 2 atom stereocenters. The van der Waals surface area contributed by atoms with Crippen LogP contribution < -0.4 is 10.6 Å². The number of carboxylic acids is 1. The summed E-state index contributed by atoms with van der Waals surface area (Å²) in [5.41, 5.74) is 0. The van der Waals surface area contributed by atoms with Crippen LogP contribution in [0.25, 0.3) is 0 Å². The lowest BCUT2D eigenvalue weighted by Gasteiger charge is -2.35. The summed E-state index contributed by atoms with van der Waals surface area (Å²) in [5.74, 6) is -1.26. The number of urea groups is 1. The molecule has 0 spiro atoms. The van der Waals surface area contributed by atoms with Crippen LogP contribution in [0.4, 0.5) is 4.79 Å². The largest absolute Gasteiger partial charge is 0.480 e. The number of carbonyl (C=O) groups is 3. The van der Waals surface area contributed by atoms with Crippen molar-refractivity contribution in [3.63, 3.8) is 0 Å². The highest BCUT2D eigenvalue weighted by atomic mass is 16.4. The Hall–Kier alpha value is -1.79. The highest BCUT2D eigenvalue weighted by Crippen LogP contribution is 2.09. The minimum absolute atomic E-state index is 0.192. The fourth-order valence-electron chi connectivity index (χ4n) is 1.93. The van der Waals surface area contributed by atoms with Crippen molar-refractivity contribution in [2.75, 3.05) is 13.1 Å². The number of nitrogens with one attached hydrogen (secondary N) is 2. The highest BCUT2D eigenvalue weighted by Gasteiger charge is 2.33. The molecule has 0 bridgehead atoms. The maximum absolute atomic E-state index is 12.0. The Morgan fingerprint density at radius 3 is 2.72 bits per heavy atom. The molecule has 0 aromatic carbocycles. The van der Waals surface area contributed by atoms with Gasteiger partial charge in [-0.1, -0.05) is 13.8 Å². The standard InChI is InChI=1S/C11H19N3O4/c1-3-7(10(16)17)13-11(18)14-6-5-12-9(15)8(14)4-2/h7-8H,3-6H2,1-2H3,(H,12,15)(H,13,18)(H,16,17). The monoisotopic (exact) mass is 257 g/mol. The van der Waals surface area contributed by atoms with E-state index in [-0.39, 0.29) is 5.91 Å². The van der Waals surface area contributed by atoms with Crippen molar-refractivity contribution in [3.8, 4) is 0 Å². The number of hydrogen-bond donors (Lipinski definition) is 3. The molecule has 3 amide bonds. The van der Waals surface area contributed by atoms with Gasteiger partial charge in [-0.05, 0) is 12.8 Å². The molecule has 3 N–H and O–H groups in total. The SMILES string of the molecule is CCC(NC(=O)N1CCNC(=O)C1CC)C(=O)O. The van der Waals surface area contributed by atoms with Gasteiger partial charge in [-0.15, -0.1) is 0 Å². The summed E-state index contributed by atoms with van der Waals surface area (Å²) in [6.45, 7) is 4.28. The first-order chi connectivity index (χ1) is 8.51. The van der Waals surface area contributed by atoms with Crippen LogP contribution in [0.3, 0.4) is 0 Å². The number of piperazine rings is 1. The van der Waals surface area contributed by atoms with Gasteiger partial charge in [0, 0.05) is 13.1 Å². The first-order valence-corrected chi connectivity index (χ1v) is 6.08. The Morgan fingerprint density at radius 1 is 1.56 bits per heavy atom. The summed E-state index contributed by atoms with van der Waals surface area (Å²) in [7, 11) is 0. The van der Waals surface area contributed by atoms with Crippen LogP contribution in [0, 0.1) is 0 Å². The molecule has 102 valence electrons. The van der Waals surface area contributed by atoms with Crippen molar-refractivity contribution in [1.82, 2.24) is 15.5 Å². The normalized spacial score (nSPS) is 21.1. The van der Waals surface area contributed by atoms with E-state index in [2.05, 4.69) is 10.6 Å². The number of nitrogens with zero attached hydrogens (tertiary/aromatic N) is 1. The van der Waals surface area contributed by atoms with Gasteiger partial charge >= 0.3 is 12.0 Å². The number of amides is 3. The van der Waals surface area contributed by atoms with Gasteiger partial charge in [0.25, 0.3) is 0 Å². The van der Waals surface area contributed by atoms with Gasteiger partial charge in [-0.25, -0.2) is 9.59 Å². The van der Waals surface area contributed by atoms with Gasteiger partial charge in [0.15, 0.2) is 0 Å². The van der Waals surface area contributed by atoms with Gasteiger partial charge in [0.05, 0.1) is 0 Å². The molecular weight excluding hydrogens is 238 g/mol. The van der Waals surface area contributed by atoms with E-state index in [0.717, 1.165) is 0 Å². The van der Waals surface area contributed by atoms with E-state index in [4.69, 9.17) is 5.11 Å². The molecule has 1 fully saturated rings. The summed E-state index contributed by atoms with van der Waals surface area (Å²) >= 11 is 0. The molecule has 1 heterocycles. The number of rotatable bonds is 4. The van der Waals surface area contributed by atoms with Crippen LogP contribution in [0.5, 0.6) is 0 Å². The smallest absolute Gasteiger partial charge is 0.326 e. The minimum Gasteiger partial charge on any atom is -0.480 e. The Morgan fingerprint density at radius 2 is 2.22 bits per heavy atom. The lowest BCUT2D eigenvalue weighted by Crippen LogP contribution is -2.60. The van der Waals surface area contributed by atoms with E-state index >= 15 is 0 Å². The van der Waals surface area contributed by atoms with E-state index in [1.807, 2.05) is 6.92 Å². The number of carbonyl (C=O) groups excluding carboxylic acids is 2. The molecule has 0 radical (unpaired) electrons. The highest BCUT2D eigenvalue weighted by molar-refractivity contribution is 5.89. The molecule has 0 aromatic heterocycles. The zero-order valence-corrected chi connectivity index (χ0v) is 10.6. The van der Waals surface area contributed by atoms with E-state index in [9.17, 15) is 14.4 Å². The van der Waals surface area contributed by atoms with Crippen molar-refractivity contribution in [1.29, 1.82) is 0 Å². The number of aliphatic carboxylic acids is 1. The van der Waals surface area contributed by atoms with Crippen molar-refractivity contribution in [3.05, 3.63) is 0 Å². The van der Waals surface area contributed by atoms with Gasteiger partial charge in [-0.3, -0.25) is 4.79 Å². The van der Waals surface area contributed by atoms with Gasteiger partial charge in [0.2, 0.25) is 5.91 Å². The minimum atomic E-state index is -1.07. The molecule has 7 nitrogen and oxygen atoms in total. The molecule has 1 saturated heterocycles. The predicted octanol–water partition coefficient (Wildman–Crippen LogP) is -0.230. The van der Waals surface area contributed by atoms with Crippen molar-refractivity contribution in [2.45, 2.75) is 38.8 Å². The summed E-state index contributed by atoms with van der Waals surface area (Å²) in [5, 5.41) is 14.0. The van der Waals surface area contributed by atoms with Crippen LogP contribution >= 0.6 is 0 Å². The van der Waals surface area contributed by atoms with Gasteiger partial charge < -0.3 is 20.6 Å². The lowest BCUT2D eigenvalue weighted by atomic mass is 10.1. The van der Waals surface area contributed by atoms with E-state index in [1.54, 1.807) is 6.92 Å². The van der Waals surface area contributed by atoms with Gasteiger partial charge in [0.1, 0.15) is 12.1 Å². The second kappa shape index (κ2) is 6.23. The molecule has 0 aromatic rings. The van der Waals surface area contributed by atoms with Crippen molar-refractivity contribution in [2.24, 2.45) is 0 Å². The van der Waals surface area contributed by atoms with Crippen LogP contribution in [-0.4, -0.2) is 53.1 Å². The lowest BCUT2D eigenvalue weighted by molar-refractivity contribution is -0.139. The molecule has 1 rings (SSSR count). The zero-order chi connectivity index (χ0) is 13.7. The van der Waals surface area contributed by atoms with Gasteiger partial charge in [-0.2, -0.15) is 0 Å². The molecule has 2 unspecified atom stereocenters. The average molecular weight is 257 g/mol. The Kier molecular flexibility index (Phi) is 4.94. The second-order valence-electron chi connectivity index (χ2n) is 4.16. The predicted molar refractivity (Wildman–Crippen MR) is 64.0 cm³/mol. The van der Waals surface area contributed by atoms with Crippen LogP contribution in [-0.2, 0) is 9.59 Å². The van der Waals surface area contributed by atoms with Crippen molar-refractivity contribution >= 4 is 17.9 Å². The third-order valence-corrected chi connectivity index (χ3v) is 2.98. The van der Waals surface area contributed by atoms with E-state index < -0.39 is 24.1 Å². The summed E-state index contributed by atoms with van der Waals surface area (Å²) < 4.78 is 0. The maximum Gasteiger partial charge on any atom is 0.326 e. The topological polar surface area (TPSA) is 98.7 Å². The van der Waals surface area contributed by atoms with Crippen LogP contribution in [0.1, 0.15) is 26.7 Å². The average Bonchev–Trinajstić information content (AvgIpc) is 2.34. The fourth-order valence-corrected chi connectivity index (χ4v) is 1.93. The summed E-state index contributed by atoms with van der Waals surface area (Å²) in [6.07, 6.45) is 0.807. The third-order valence-electron chi connectivity index (χ3n) is 2.98.